The molecule has 0 spiro atoms. The van der Waals surface area contributed by atoms with Gasteiger partial charge in [0.15, 0.2) is 0 Å². The zero-order valence-corrected chi connectivity index (χ0v) is 22.4. The second kappa shape index (κ2) is 14.5. The largest absolute Gasteiger partial charge is 0.489 e. The summed E-state index contributed by atoms with van der Waals surface area (Å²) in [5, 5.41) is 10.6. The molecule has 1 aliphatic heterocycles. The lowest BCUT2D eigenvalue weighted by atomic mass is 9.92. The SMILES string of the molecule is CC/C=C\C(=C/C(CC)CC=N)c1ccc(OC2CC(Oc3ccc(C#CCOC4CNC4)nc3)C2)nc1. The predicted molar refractivity (Wildman–Crippen MR) is 151 cm³/mol. The zero-order chi connectivity index (χ0) is 26.6. The first-order chi connectivity index (χ1) is 18.7. The lowest BCUT2D eigenvalue weighted by Gasteiger charge is -2.34. The molecular formula is C31H38N4O3. The van der Waals surface area contributed by atoms with E-state index in [0.717, 1.165) is 62.1 Å². The smallest absolute Gasteiger partial charge is 0.213 e. The van der Waals surface area contributed by atoms with Crippen LogP contribution in [0.5, 0.6) is 11.6 Å². The van der Waals surface area contributed by atoms with Crippen molar-refractivity contribution in [3.8, 4) is 23.5 Å². The first kappa shape index (κ1) is 27.6. The van der Waals surface area contributed by atoms with Crippen LogP contribution in [0.3, 0.4) is 0 Å². The minimum Gasteiger partial charge on any atom is -0.489 e. The average Bonchev–Trinajstić information content (AvgIpc) is 2.89. The molecule has 4 rings (SSSR count). The lowest BCUT2D eigenvalue weighted by Crippen LogP contribution is -2.48. The van der Waals surface area contributed by atoms with E-state index < -0.39 is 0 Å². The maximum absolute atomic E-state index is 7.45. The molecule has 0 radical (unpaired) electrons. The highest BCUT2D eigenvalue weighted by Crippen LogP contribution is 2.30. The van der Waals surface area contributed by atoms with Gasteiger partial charge in [0.2, 0.25) is 5.88 Å². The van der Waals surface area contributed by atoms with Gasteiger partial charge in [-0.1, -0.05) is 38.0 Å². The fraction of sp³-hybridized carbons (Fsp3) is 0.452. The molecule has 7 nitrogen and oxygen atoms in total. The topological polar surface area (TPSA) is 89.4 Å². The van der Waals surface area contributed by atoms with Crippen LogP contribution in [0.1, 0.15) is 57.2 Å². The second-order valence-corrected chi connectivity index (χ2v) is 9.65. The summed E-state index contributed by atoms with van der Waals surface area (Å²) < 4.78 is 17.7. The minimum absolute atomic E-state index is 0.0920. The number of nitrogens with zero attached hydrogens (tertiary/aromatic N) is 2. The third-order valence-corrected chi connectivity index (χ3v) is 6.69. The fourth-order valence-electron chi connectivity index (χ4n) is 4.13. The van der Waals surface area contributed by atoms with Crippen LogP contribution in [0.15, 0.2) is 54.9 Å². The molecule has 200 valence electrons. The van der Waals surface area contributed by atoms with Crippen molar-refractivity contribution in [3.05, 3.63) is 66.1 Å². The van der Waals surface area contributed by atoms with Crippen molar-refractivity contribution in [1.29, 1.82) is 5.41 Å². The normalized spacial score (nSPS) is 20.1. The van der Waals surface area contributed by atoms with E-state index in [1.165, 1.54) is 6.21 Å². The maximum atomic E-state index is 7.45. The van der Waals surface area contributed by atoms with Gasteiger partial charge in [-0.15, -0.1) is 0 Å². The number of nitrogens with one attached hydrogen (secondary N) is 2. The zero-order valence-electron chi connectivity index (χ0n) is 22.4. The third kappa shape index (κ3) is 8.27. The van der Waals surface area contributed by atoms with Gasteiger partial charge in [0.1, 0.15) is 30.3 Å². The van der Waals surface area contributed by atoms with Crippen molar-refractivity contribution in [3.63, 3.8) is 0 Å². The van der Waals surface area contributed by atoms with E-state index in [9.17, 15) is 0 Å². The first-order valence-electron chi connectivity index (χ1n) is 13.6. The van der Waals surface area contributed by atoms with Crippen LogP contribution >= 0.6 is 0 Å². The Labute approximate surface area is 226 Å². The van der Waals surface area contributed by atoms with E-state index in [-0.39, 0.29) is 12.2 Å². The number of aromatic nitrogens is 2. The quantitative estimate of drug-likeness (QED) is 0.216. The Kier molecular flexibility index (Phi) is 10.5. The van der Waals surface area contributed by atoms with Crippen molar-refractivity contribution in [1.82, 2.24) is 15.3 Å². The van der Waals surface area contributed by atoms with E-state index in [2.05, 4.69) is 65.3 Å². The Bertz CT molecular complexity index is 1140. The highest BCUT2D eigenvalue weighted by atomic mass is 16.5. The third-order valence-electron chi connectivity index (χ3n) is 6.69. The molecule has 2 fully saturated rings. The van der Waals surface area contributed by atoms with Crippen LogP contribution in [0.2, 0.25) is 0 Å². The predicted octanol–water partition coefficient (Wildman–Crippen LogP) is 5.22. The molecular weight excluding hydrogens is 476 g/mol. The van der Waals surface area contributed by atoms with E-state index in [1.54, 1.807) is 6.20 Å². The van der Waals surface area contributed by atoms with Gasteiger partial charge in [-0.05, 0) is 66.7 Å². The molecule has 1 saturated heterocycles. The molecule has 2 aromatic rings. The van der Waals surface area contributed by atoms with Crippen molar-refractivity contribution >= 4 is 11.8 Å². The summed E-state index contributed by atoms with van der Waals surface area (Å²) in [4.78, 5) is 8.93. The summed E-state index contributed by atoms with van der Waals surface area (Å²) in [5.74, 6) is 7.75. The van der Waals surface area contributed by atoms with Crippen molar-refractivity contribution in [2.45, 2.75) is 64.3 Å². The van der Waals surface area contributed by atoms with Gasteiger partial charge in [-0.3, -0.25) is 0 Å². The Morgan fingerprint density at radius 1 is 1.08 bits per heavy atom. The fourth-order valence-corrected chi connectivity index (χ4v) is 4.13. The van der Waals surface area contributed by atoms with E-state index in [1.807, 2.05) is 24.4 Å². The molecule has 3 heterocycles. The molecule has 2 aliphatic rings. The van der Waals surface area contributed by atoms with Crippen molar-refractivity contribution < 1.29 is 14.2 Å². The summed E-state index contributed by atoms with van der Waals surface area (Å²) in [6.45, 7) is 6.52. The van der Waals surface area contributed by atoms with Crippen LogP contribution in [-0.2, 0) is 4.74 Å². The molecule has 1 saturated carbocycles. The lowest BCUT2D eigenvalue weighted by molar-refractivity contribution is 0.00208. The summed E-state index contributed by atoms with van der Waals surface area (Å²) in [7, 11) is 0. The summed E-state index contributed by atoms with van der Waals surface area (Å²) >= 11 is 0. The van der Waals surface area contributed by atoms with Gasteiger partial charge >= 0.3 is 0 Å². The number of ether oxygens (including phenoxy) is 3. The van der Waals surface area contributed by atoms with Crippen LogP contribution in [0.25, 0.3) is 5.57 Å². The Balaban J connectivity index is 1.22. The molecule has 0 aromatic carbocycles. The van der Waals surface area contributed by atoms with Crippen LogP contribution < -0.4 is 14.8 Å². The second-order valence-electron chi connectivity index (χ2n) is 9.65. The molecule has 38 heavy (non-hydrogen) atoms. The van der Waals surface area contributed by atoms with Gasteiger partial charge in [0, 0.05) is 38.2 Å². The van der Waals surface area contributed by atoms with E-state index in [0.29, 0.717) is 30.2 Å². The van der Waals surface area contributed by atoms with Crippen LogP contribution in [0, 0.1) is 23.2 Å². The summed E-state index contributed by atoms with van der Waals surface area (Å²) in [6.07, 6.45) is 16.5. The highest BCUT2D eigenvalue weighted by Gasteiger charge is 2.33. The summed E-state index contributed by atoms with van der Waals surface area (Å²) in [6, 6.07) is 7.78. The van der Waals surface area contributed by atoms with Gasteiger partial charge in [-0.25, -0.2) is 9.97 Å². The molecule has 0 amide bonds. The number of rotatable bonds is 13. The molecule has 2 aromatic heterocycles. The standard InChI is InChI=1S/C31H38N4O3/c1-3-5-7-24(16-23(4-2)13-14-32)25-9-12-31(35-19-25)38-29-17-28(18-29)37-27-11-10-26(34-22-27)8-6-15-36-30-20-33-21-30/h5,7,9-12,14,16,19,22-23,28-30,32-33H,3-4,13,15,17-18,20-21H2,1-2H3/b7-5-,24-16+,32-14?. The molecule has 7 heteroatoms. The number of hydrogen-bond donors (Lipinski definition) is 2. The minimum atomic E-state index is 0.0920. The summed E-state index contributed by atoms with van der Waals surface area (Å²) in [5.41, 5.74) is 2.91. The highest BCUT2D eigenvalue weighted by molar-refractivity contribution is 5.74. The number of pyridine rings is 2. The van der Waals surface area contributed by atoms with Crippen LogP contribution in [-0.4, -0.2) is 54.2 Å². The Hall–Kier alpha value is -3.47. The Morgan fingerprint density at radius 3 is 2.55 bits per heavy atom. The van der Waals surface area contributed by atoms with E-state index in [4.69, 9.17) is 19.6 Å². The number of hydrogen-bond acceptors (Lipinski definition) is 7. The number of allylic oxidation sites excluding steroid dienone is 4. The van der Waals surface area contributed by atoms with Gasteiger partial charge < -0.3 is 24.9 Å². The van der Waals surface area contributed by atoms with Gasteiger partial charge in [0.25, 0.3) is 0 Å². The maximum Gasteiger partial charge on any atom is 0.213 e. The Morgan fingerprint density at radius 2 is 1.92 bits per heavy atom. The van der Waals surface area contributed by atoms with E-state index >= 15 is 0 Å². The van der Waals surface area contributed by atoms with Gasteiger partial charge in [-0.2, -0.15) is 0 Å². The van der Waals surface area contributed by atoms with Crippen molar-refractivity contribution in [2.75, 3.05) is 19.7 Å². The van der Waals surface area contributed by atoms with Crippen LogP contribution in [0.4, 0.5) is 0 Å². The first-order valence-corrected chi connectivity index (χ1v) is 13.6. The molecule has 1 aliphatic carbocycles. The monoisotopic (exact) mass is 514 g/mol. The van der Waals surface area contributed by atoms with Gasteiger partial charge in [0.05, 0.1) is 12.3 Å². The molecule has 1 unspecified atom stereocenters. The average molecular weight is 515 g/mol. The molecule has 0 bridgehead atoms. The van der Waals surface area contributed by atoms with Crippen molar-refractivity contribution in [2.24, 2.45) is 5.92 Å². The molecule has 1 atom stereocenters. The molecule has 2 N–H and O–H groups in total.